The second-order valence-electron chi connectivity index (χ2n) is 4.32. The molecule has 0 aliphatic rings. The van der Waals surface area contributed by atoms with E-state index in [2.05, 4.69) is 21.2 Å². The van der Waals surface area contributed by atoms with Crippen LogP contribution in [0.5, 0.6) is 0 Å². The summed E-state index contributed by atoms with van der Waals surface area (Å²) in [5.41, 5.74) is 0. The molecule has 5 nitrogen and oxygen atoms in total. The van der Waals surface area contributed by atoms with Crippen LogP contribution in [0.4, 0.5) is 0 Å². The average molecular weight is 364 g/mol. The Morgan fingerprint density at radius 3 is 2.80 bits per heavy atom. The van der Waals surface area contributed by atoms with Crippen molar-refractivity contribution >= 4 is 39.1 Å². The first-order valence-corrected chi connectivity index (χ1v) is 7.87. The van der Waals surface area contributed by atoms with Gasteiger partial charge in [0.15, 0.2) is 0 Å². The molecule has 1 aromatic rings. The Labute approximate surface area is 130 Å². The fourth-order valence-electron chi connectivity index (χ4n) is 1.66. The number of hydrogen-bond acceptors (Lipinski definition) is 4. The molecule has 1 amide bonds. The molecule has 0 saturated carbocycles. The molecule has 2 N–H and O–H groups in total. The maximum absolute atomic E-state index is 11.6. The molecule has 0 fully saturated rings. The van der Waals surface area contributed by atoms with Crippen molar-refractivity contribution < 1.29 is 19.4 Å². The lowest BCUT2D eigenvalue weighted by molar-refractivity contribution is -0.140. The third kappa shape index (κ3) is 7.02. The molecule has 112 valence electrons. The fourth-order valence-corrected chi connectivity index (χ4v) is 3.18. The number of carboxylic acids is 1. The van der Waals surface area contributed by atoms with Crippen molar-refractivity contribution in [3.8, 4) is 0 Å². The summed E-state index contributed by atoms with van der Waals surface area (Å²) in [7, 11) is 1.44. The molecule has 0 aliphatic carbocycles. The Bertz CT molecular complexity index is 449. The third-order valence-electron chi connectivity index (χ3n) is 2.72. The van der Waals surface area contributed by atoms with Crippen molar-refractivity contribution in [2.75, 3.05) is 13.7 Å². The first kappa shape index (κ1) is 17.1. The SMILES string of the molecule is COC(CNC(=O)CCCc1ccc(Br)s1)CC(=O)O. The highest BCUT2D eigenvalue weighted by Crippen LogP contribution is 2.23. The van der Waals surface area contributed by atoms with E-state index in [1.54, 1.807) is 11.3 Å². The highest BCUT2D eigenvalue weighted by Gasteiger charge is 2.13. The zero-order chi connectivity index (χ0) is 15.0. The standard InChI is InChI=1S/C13H18BrNO4S/c1-19-9(7-13(17)18)8-15-12(16)4-2-3-10-5-6-11(14)20-10/h5-6,9H,2-4,7-8H2,1H3,(H,15,16)(H,17,18). The number of rotatable bonds is 9. The van der Waals surface area contributed by atoms with Gasteiger partial charge in [-0.05, 0) is 40.9 Å². The number of thiophene rings is 1. The molecular formula is C13H18BrNO4S. The molecule has 0 aromatic carbocycles. The molecule has 1 aromatic heterocycles. The molecular weight excluding hydrogens is 346 g/mol. The van der Waals surface area contributed by atoms with Crippen LogP contribution in [0.25, 0.3) is 0 Å². The van der Waals surface area contributed by atoms with Crippen LogP contribution in [0.2, 0.25) is 0 Å². The van der Waals surface area contributed by atoms with Crippen LogP contribution in [0, 0.1) is 0 Å². The van der Waals surface area contributed by atoms with E-state index in [0.717, 1.165) is 16.6 Å². The van der Waals surface area contributed by atoms with E-state index in [9.17, 15) is 9.59 Å². The summed E-state index contributed by atoms with van der Waals surface area (Å²) in [4.78, 5) is 23.4. The van der Waals surface area contributed by atoms with E-state index in [-0.39, 0.29) is 18.9 Å². The highest BCUT2D eigenvalue weighted by molar-refractivity contribution is 9.11. The number of aliphatic carboxylic acids is 1. The average Bonchev–Trinajstić information content (AvgIpc) is 2.80. The second-order valence-corrected chi connectivity index (χ2v) is 6.87. The van der Waals surface area contributed by atoms with Crippen LogP contribution in [0.3, 0.4) is 0 Å². The Balaban J connectivity index is 2.18. The Hall–Kier alpha value is -0.920. The monoisotopic (exact) mass is 363 g/mol. The number of nitrogens with one attached hydrogen (secondary N) is 1. The molecule has 7 heteroatoms. The summed E-state index contributed by atoms with van der Waals surface area (Å²) in [5, 5.41) is 11.4. The van der Waals surface area contributed by atoms with Crippen molar-refractivity contribution in [2.45, 2.75) is 31.8 Å². The quantitative estimate of drug-likeness (QED) is 0.706. The lowest BCUT2D eigenvalue weighted by Gasteiger charge is -2.13. The van der Waals surface area contributed by atoms with Crippen molar-refractivity contribution in [3.05, 3.63) is 20.8 Å². The van der Waals surface area contributed by atoms with E-state index >= 15 is 0 Å². The number of halogens is 1. The summed E-state index contributed by atoms with van der Waals surface area (Å²) in [6.07, 6.45) is 1.48. The number of ether oxygens (including phenoxy) is 1. The molecule has 0 bridgehead atoms. The van der Waals surface area contributed by atoms with Crippen LogP contribution in [-0.4, -0.2) is 36.7 Å². The molecule has 20 heavy (non-hydrogen) atoms. The van der Waals surface area contributed by atoms with Gasteiger partial charge in [0.25, 0.3) is 0 Å². The van der Waals surface area contributed by atoms with Gasteiger partial charge in [-0.15, -0.1) is 11.3 Å². The minimum atomic E-state index is -0.936. The lowest BCUT2D eigenvalue weighted by atomic mass is 10.2. The zero-order valence-corrected chi connectivity index (χ0v) is 13.6. The molecule has 1 rings (SSSR count). The summed E-state index contributed by atoms with van der Waals surface area (Å²) in [6, 6.07) is 4.04. The number of methoxy groups -OCH3 is 1. The number of carbonyl (C=O) groups excluding carboxylic acids is 1. The van der Waals surface area contributed by atoms with Crippen molar-refractivity contribution in [3.63, 3.8) is 0 Å². The molecule has 1 unspecified atom stereocenters. The lowest BCUT2D eigenvalue weighted by Crippen LogP contribution is -2.34. The van der Waals surface area contributed by atoms with Crippen LogP contribution in [-0.2, 0) is 20.7 Å². The van der Waals surface area contributed by atoms with E-state index < -0.39 is 12.1 Å². The van der Waals surface area contributed by atoms with Crippen molar-refractivity contribution in [1.82, 2.24) is 5.32 Å². The number of carboxylic acid groups (broad SMARTS) is 1. The van der Waals surface area contributed by atoms with Gasteiger partial charge < -0.3 is 15.2 Å². The van der Waals surface area contributed by atoms with Gasteiger partial charge >= 0.3 is 5.97 Å². The minimum absolute atomic E-state index is 0.0759. The highest BCUT2D eigenvalue weighted by atomic mass is 79.9. The maximum atomic E-state index is 11.6. The number of hydrogen-bond donors (Lipinski definition) is 2. The van der Waals surface area contributed by atoms with Gasteiger partial charge in [-0.25, -0.2) is 0 Å². The predicted molar refractivity (Wildman–Crippen MR) is 81.0 cm³/mol. The summed E-state index contributed by atoms with van der Waals surface area (Å²) >= 11 is 5.07. The first-order valence-electron chi connectivity index (χ1n) is 6.26. The van der Waals surface area contributed by atoms with Crippen molar-refractivity contribution in [2.24, 2.45) is 0 Å². The molecule has 0 saturated heterocycles. The van der Waals surface area contributed by atoms with Crippen LogP contribution in [0.1, 0.15) is 24.1 Å². The zero-order valence-electron chi connectivity index (χ0n) is 11.2. The number of amides is 1. The molecule has 0 aliphatic heterocycles. The van der Waals surface area contributed by atoms with Crippen LogP contribution >= 0.6 is 27.3 Å². The summed E-state index contributed by atoms with van der Waals surface area (Å²) in [5.74, 6) is -1.01. The predicted octanol–water partition coefficient (Wildman–Crippen LogP) is 2.44. The van der Waals surface area contributed by atoms with E-state index in [0.29, 0.717) is 6.42 Å². The molecule has 0 spiro atoms. The van der Waals surface area contributed by atoms with Gasteiger partial charge in [0.2, 0.25) is 5.91 Å². The van der Waals surface area contributed by atoms with Gasteiger partial charge in [0.1, 0.15) is 0 Å². The maximum Gasteiger partial charge on any atom is 0.306 e. The number of carbonyl (C=O) groups is 2. The van der Waals surface area contributed by atoms with Gasteiger partial charge in [-0.1, -0.05) is 0 Å². The van der Waals surface area contributed by atoms with E-state index in [1.807, 2.05) is 12.1 Å². The Morgan fingerprint density at radius 2 is 2.25 bits per heavy atom. The van der Waals surface area contributed by atoms with Gasteiger partial charge in [-0.3, -0.25) is 9.59 Å². The molecule has 1 heterocycles. The fraction of sp³-hybridized carbons (Fsp3) is 0.538. The number of aryl methyl sites for hydroxylation is 1. The normalized spacial score (nSPS) is 12.1. The van der Waals surface area contributed by atoms with Gasteiger partial charge in [0, 0.05) is 25.0 Å². The van der Waals surface area contributed by atoms with Crippen LogP contribution < -0.4 is 5.32 Å². The van der Waals surface area contributed by atoms with Crippen molar-refractivity contribution in [1.29, 1.82) is 0 Å². The summed E-state index contributed by atoms with van der Waals surface area (Å²) in [6.45, 7) is 0.228. The second kappa shape index (κ2) is 9.10. The minimum Gasteiger partial charge on any atom is -0.481 e. The van der Waals surface area contributed by atoms with Gasteiger partial charge in [-0.2, -0.15) is 0 Å². The Morgan fingerprint density at radius 1 is 1.50 bits per heavy atom. The third-order valence-corrected chi connectivity index (χ3v) is 4.40. The van der Waals surface area contributed by atoms with E-state index in [1.165, 1.54) is 12.0 Å². The Kier molecular flexibility index (Phi) is 7.79. The van der Waals surface area contributed by atoms with Gasteiger partial charge in [0.05, 0.1) is 16.3 Å². The molecule has 0 radical (unpaired) electrons. The largest absolute Gasteiger partial charge is 0.481 e. The first-order chi connectivity index (χ1) is 9.51. The summed E-state index contributed by atoms with van der Waals surface area (Å²) < 4.78 is 6.08. The topological polar surface area (TPSA) is 75.6 Å². The molecule has 1 atom stereocenters. The van der Waals surface area contributed by atoms with E-state index in [4.69, 9.17) is 9.84 Å². The smallest absolute Gasteiger partial charge is 0.306 e. The van der Waals surface area contributed by atoms with Crippen LogP contribution in [0.15, 0.2) is 15.9 Å².